The monoisotopic (exact) mass is 486 g/mol. The van der Waals surface area contributed by atoms with Crippen molar-refractivity contribution in [3.63, 3.8) is 0 Å². The van der Waals surface area contributed by atoms with Gasteiger partial charge in [0, 0.05) is 45.1 Å². The van der Waals surface area contributed by atoms with Gasteiger partial charge in [-0.2, -0.15) is 0 Å². The minimum atomic E-state index is -0.281. The third kappa shape index (κ3) is 6.60. The van der Waals surface area contributed by atoms with E-state index in [4.69, 9.17) is 43.1 Å². The second-order valence-electron chi connectivity index (χ2n) is 7.20. The largest absolute Gasteiger partial charge is 0.496 e. The Hall–Kier alpha value is -2.30. The van der Waals surface area contributed by atoms with Crippen LogP contribution in [0.4, 0.5) is 5.69 Å². The number of halogens is 2. The first kappa shape index (κ1) is 26.0. The van der Waals surface area contributed by atoms with Crippen LogP contribution in [0.5, 0.6) is 11.5 Å². The molecule has 1 amide bonds. The number of anilines is 1. The predicted octanol–water partition coefficient (Wildman–Crippen LogP) is 2.05. The Morgan fingerprint density at radius 3 is 2.75 bits per heavy atom. The molecule has 1 aromatic carbocycles. The summed E-state index contributed by atoms with van der Waals surface area (Å²) < 4.78 is 16.7. The van der Waals surface area contributed by atoms with Crippen LogP contribution in [-0.4, -0.2) is 73.9 Å². The number of nitrogens with zero attached hydrogens (tertiary/aromatic N) is 2. The van der Waals surface area contributed by atoms with Gasteiger partial charge in [-0.3, -0.25) is 14.7 Å². The molecule has 0 bridgehead atoms. The van der Waals surface area contributed by atoms with Gasteiger partial charge in [0.1, 0.15) is 18.1 Å². The van der Waals surface area contributed by atoms with Crippen LogP contribution in [-0.2, 0) is 4.74 Å². The number of ether oxygens (including phenoxy) is 3. The number of aromatic nitrogens is 1. The van der Waals surface area contributed by atoms with Crippen molar-refractivity contribution >= 4 is 34.8 Å². The number of piperidine rings is 1. The molecule has 1 aliphatic heterocycles. The minimum Gasteiger partial charge on any atom is -0.496 e. The number of hydrogen-bond donors (Lipinski definition) is 2. The molecule has 0 saturated carbocycles. The zero-order valence-electron chi connectivity index (χ0n) is 17.9. The van der Waals surface area contributed by atoms with Crippen LogP contribution in [0.15, 0.2) is 30.6 Å². The molecule has 176 valence electrons. The van der Waals surface area contributed by atoms with Crippen LogP contribution in [0, 0.1) is 0 Å². The molecule has 0 aliphatic carbocycles. The number of carbonyl (C=O) groups excluding carboxylic acids is 1. The highest BCUT2D eigenvalue weighted by Gasteiger charge is 2.31. The molecule has 1 saturated heterocycles. The van der Waals surface area contributed by atoms with Gasteiger partial charge in [-0.15, -0.1) is 0 Å². The summed E-state index contributed by atoms with van der Waals surface area (Å²) in [6.45, 7) is 2.67. The Labute approximate surface area is 197 Å². The van der Waals surface area contributed by atoms with Crippen LogP contribution in [0.2, 0.25) is 10.0 Å². The van der Waals surface area contributed by atoms with Gasteiger partial charge in [-0.1, -0.05) is 23.2 Å². The number of rotatable bonds is 8. The van der Waals surface area contributed by atoms with Crippen LogP contribution < -0.4 is 20.5 Å². The predicted molar refractivity (Wildman–Crippen MR) is 124 cm³/mol. The average Bonchev–Trinajstić information content (AvgIpc) is 2.76. The molecule has 2 heterocycles. The summed E-state index contributed by atoms with van der Waals surface area (Å²) >= 11 is 12.0. The van der Waals surface area contributed by atoms with Crippen molar-refractivity contribution in [2.75, 3.05) is 46.2 Å². The molecule has 5 N–H and O–H groups in total. The fraction of sp³-hybridized carbons (Fsp3) is 0.429. The van der Waals surface area contributed by atoms with Crippen molar-refractivity contribution in [3.05, 3.63) is 46.2 Å². The Balaban J connectivity index is 0.00000363. The molecule has 2 atom stereocenters. The lowest BCUT2D eigenvalue weighted by Gasteiger charge is -2.38. The number of methoxy groups -OCH3 is 2. The minimum absolute atomic E-state index is 0. The molecular weight excluding hydrogens is 459 g/mol. The Morgan fingerprint density at radius 1 is 1.28 bits per heavy atom. The summed E-state index contributed by atoms with van der Waals surface area (Å²) in [7, 11) is 3.12. The van der Waals surface area contributed by atoms with Crippen molar-refractivity contribution < 1.29 is 24.5 Å². The lowest BCUT2D eigenvalue weighted by molar-refractivity contribution is 0.00321. The van der Waals surface area contributed by atoms with E-state index in [0.717, 1.165) is 13.0 Å². The number of nitrogen functional groups attached to an aromatic ring is 1. The normalized spacial score (nSPS) is 18.5. The molecule has 0 unspecified atom stereocenters. The van der Waals surface area contributed by atoms with Gasteiger partial charge >= 0.3 is 0 Å². The summed E-state index contributed by atoms with van der Waals surface area (Å²) in [4.78, 5) is 19.1. The first-order valence-corrected chi connectivity index (χ1v) is 10.6. The molecule has 9 nitrogen and oxygen atoms in total. The molecule has 3 rings (SSSR count). The average molecular weight is 487 g/mol. The van der Waals surface area contributed by atoms with Crippen molar-refractivity contribution in [2.45, 2.75) is 18.6 Å². The topological polar surface area (TPSA) is 130 Å². The fourth-order valence-corrected chi connectivity index (χ4v) is 3.84. The summed E-state index contributed by atoms with van der Waals surface area (Å²) in [5.74, 6) is 0.726. The Morgan fingerprint density at radius 2 is 2.06 bits per heavy atom. The van der Waals surface area contributed by atoms with Crippen molar-refractivity contribution in [3.8, 4) is 11.5 Å². The first-order chi connectivity index (χ1) is 14.9. The number of likely N-dealkylation sites (tertiary alicyclic amines) is 1. The van der Waals surface area contributed by atoms with E-state index in [0.29, 0.717) is 52.5 Å². The molecule has 2 aromatic rings. The second kappa shape index (κ2) is 12.1. The maximum absolute atomic E-state index is 12.9. The Kier molecular flexibility index (Phi) is 9.80. The standard InChI is InChI=1S/C21H26Cl2N4O4.H2O/c1-29-19-9-17(24)16(23)8-15(19)21(28)26-18-3-4-27(12-20(18)30-2)5-6-31-14-7-13(22)10-25-11-14;/h7-11,18,20H,3-6,12,24H2,1-2H3,(H,26,28);1H2/t18-,20+;/m0./s1. The Bertz CT molecular complexity index is 918. The molecule has 1 aliphatic rings. The van der Waals surface area contributed by atoms with Crippen molar-refractivity contribution in [1.82, 2.24) is 15.2 Å². The van der Waals surface area contributed by atoms with Gasteiger partial charge in [0.15, 0.2) is 0 Å². The summed E-state index contributed by atoms with van der Waals surface area (Å²) in [5.41, 5.74) is 6.49. The zero-order chi connectivity index (χ0) is 22.4. The van der Waals surface area contributed by atoms with E-state index >= 15 is 0 Å². The van der Waals surface area contributed by atoms with Crippen LogP contribution in [0.1, 0.15) is 16.8 Å². The third-order valence-corrected chi connectivity index (χ3v) is 5.72. The molecule has 32 heavy (non-hydrogen) atoms. The highest BCUT2D eigenvalue weighted by molar-refractivity contribution is 6.33. The van der Waals surface area contributed by atoms with Crippen LogP contribution in [0.3, 0.4) is 0 Å². The molecule has 0 radical (unpaired) electrons. The van der Waals surface area contributed by atoms with E-state index in [-0.39, 0.29) is 23.5 Å². The van der Waals surface area contributed by atoms with Crippen LogP contribution >= 0.6 is 23.2 Å². The molecular formula is C21H28Cl2N4O5. The highest BCUT2D eigenvalue weighted by Crippen LogP contribution is 2.29. The van der Waals surface area contributed by atoms with Crippen molar-refractivity contribution in [2.24, 2.45) is 0 Å². The SMILES string of the molecule is COc1cc(N)c(Cl)cc1C(=O)N[C@H]1CCN(CCOc2cncc(Cl)c2)C[C@H]1OC.O. The van der Waals surface area contributed by atoms with Crippen molar-refractivity contribution in [1.29, 1.82) is 0 Å². The van der Waals surface area contributed by atoms with E-state index in [1.807, 2.05) is 0 Å². The third-order valence-electron chi connectivity index (χ3n) is 5.18. The van der Waals surface area contributed by atoms with E-state index in [1.165, 1.54) is 13.2 Å². The highest BCUT2D eigenvalue weighted by atomic mass is 35.5. The van der Waals surface area contributed by atoms with E-state index in [2.05, 4.69) is 15.2 Å². The number of hydrogen-bond acceptors (Lipinski definition) is 7. The number of benzene rings is 1. The number of amides is 1. The van der Waals surface area contributed by atoms with Gasteiger partial charge in [-0.25, -0.2) is 0 Å². The number of nitrogens with two attached hydrogens (primary N) is 1. The first-order valence-electron chi connectivity index (χ1n) is 9.83. The van der Waals surface area contributed by atoms with E-state index < -0.39 is 0 Å². The summed E-state index contributed by atoms with van der Waals surface area (Å²) in [5, 5.41) is 3.88. The fourth-order valence-electron chi connectivity index (χ4n) is 3.51. The molecule has 0 spiro atoms. The summed E-state index contributed by atoms with van der Waals surface area (Å²) in [6, 6.07) is 4.65. The maximum atomic E-state index is 12.9. The maximum Gasteiger partial charge on any atom is 0.255 e. The van der Waals surface area contributed by atoms with E-state index in [9.17, 15) is 4.79 Å². The quantitative estimate of drug-likeness (QED) is 0.545. The molecule has 1 fully saturated rings. The zero-order valence-corrected chi connectivity index (χ0v) is 19.4. The van der Waals surface area contributed by atoms with Crippen LogP contribution in [0.25, 0.3) is 0 Å². The smallest absolute Gasteiger partial charge is 0.255 e. The second-order valence-corrected chi connectivity index (χ2v) is 8.05. The van der Waals surface area contributed by atoms with Gasteiger partial charge < -0.3 is 30.7 Å². The van der Waals surface area contributed by atoms with Gasteiger partial charge in [0.2, 0.25) is 0 Å². The lowest BCUT2D eigenvalue weighted by Crippen LogP contribution is -2.55. The van der Waals surface area contributed by atoms with Gasteiger partial charge in [-0.05, 0) is 12.5 Å². The van der Waals surface area contributed by atoms with Gasteiger partial charge in [0.05, 0.1) is 46.7 Å². The molecule has 1 aromatic heterocycles. The number of pyridine rings is 1. The number of carbonyl (C=O) groups is 1. The molecule has 11 heteroatoms. The number of nitrogens with one attached hydrogen (secondary N) is 1. The lowest BCUT2D eigenvalue weighted by atomic mass is 10.0. The summed E-state index contributed by atoms with van der Waals surface area (Å²) in [6.07, 6.45) is 3.75. The van der Waals surface area contributed by atoms with E-state index in [1.54, 1.807) is 31.6 Å². The van der Waals surface area contributed by atoms with Gasteiger partial charge in [0.25, 0.3) is 5.91 Å².